The van der Waals surface area contributed by atoms with Crippen molar-refractivity contribution < 1.29 is 0 Å². The van der Waals surface area contributed by atoms with Gasteiger partial charge < -0.3 is 5.32 Å². The van der Waals surface area contributed by atoms with E-state index < -0.39 is 0 Å². The van der Waals surface area contributed by atoms with E-state index in [1.165, 1.54) is 6.33 Å². The van der Waals surface area contributed by atoms with Crippen molar-refractivity contribution in [3.05, 3.63) is 64.8 Å². The molecule has 0 aliphatic carbocycles. The molecule has 1 N–H and O–H groups in total. The summed E-state index contributed by atoms with van der Waals surface area (Å²) in [5, 5.41) is 8.62. The number of halogens is 2. The fourth-order valence-corrected chi connectivity index (χ4v) is 2.52. The number of hydrogen-bond acceptors (Lipinski definition) is 4. The Balaban J connectivity index is 1.82. The minimum Gasteiger partial charge on any atom is -0.378 e. The summed E-state index contributed by atoms with van der Waals surface area (Å²) in [6, 6.07) is 9.22. The van der Waals surface area contributed by atoms with Gasteiger partial charge in [0.25, 0.3) is 0 Å². The highest BCUT2D eigenvalue weighted by Crippen LogP contribution is 2.21. The number of hydrogen-bond donors (Lipinski definition) is 1. The lowest BCUT2D eigenvalue weighted by atomic mass is 10.2. The van der Waals surface area contributed by atoms with Gasteiger partial charge in [-0.15, -0.1) is 0 Å². The van der Waals surface area contributed by atoms with Gasteiger partial charge in [0.2, 0.25) is 0 Å². The smallest absolute Gasteiger partial charge is 0.178 e. The van der Waals surface area contributed by atoms with Crippen LogP contribution in [0.15, 0.2) is 49.2 Å². The molecular weight excluding hydrogens is 309 g/mol. The maximum Gasteiger partial charge on any atom is 0.178 e. The van der Waals surface area contributed by atoms with Crippen molar-refractivity contribution in [3.63, 3.8) is 0 Å². The van der Waals surface area contributed by atoms with E-state index in [4.69, 9.17) is 23.2 Å². The molecule has 2 aromatic heterocycles. The van der Waals surface area contributed by atoms with Crippen LogP contribution >= 0.6 is 23.2 Å². The third-order valence-electron chi connectivity index (χ3n) is 2.83. The van der Waals surface area contributed by atoms with Gasteiger partial charge in [0.05, 0.1) is 5.69 Å². The van der Waals surface area contributed by atoms with Gasteiger partial charge in [-0.25, -0.2) is 14.6 Å². The lowest BCUT2D eigenvalue weighted by Gasteiger charge is -2.11. The summed E-state index contributed by atoms with van der Waals surface area (Å²) >= 11 is 12.0. The summed E-state index contributed by atoms with van der Waals surface area (Å²) in [4.78, 5) is 8.24. The van der Waals surface area contributed by atoms with Gasteiger partial charge in [0.1, 0.15) is 12.7 Å². The molecule has 0 amide bonds. The monoisotopic (exact) mass is 319 g/mol. The first kappa shape index (κ1) is 13.9. The maximum atomic E-state index is 6.00. The Bertz CT molecular complexity index is 723. The van der Waals surface area contributed by atoms with Crippen molar-refractivity contribution in [1.82, 2.24) is 19.7 Å². The number of anilines is 1. The van der Waals surface area contributed by atoms with Crippen LogP contribution in [0.3, 0.4) is 0 Å². The highest BCUT2D eigenvalue weighted by atomic mass is 35.5. The quantitative estimate of drug-likeness (QED) is 0.798. The van der Waals surface area contributed by atoms with Crippen molar-refractivity contribution in [3.8, 4) is 5.82 Å². The van der Waals surface area contributed by atoms with Crippen molar-refractivity contribution in [2.45, 2.75) is 6.54 Å². The van der Waals surface area contributed by atoms with Gasteiger partial charge in [-0.2, -0.15) is 5.10 Å². The number of nitrogens with zero attached hydrogens (tertiary/aromatic N) is 4. The van der Waals surface area contributed by atoms with E-state index in [9.17, 15) is 0 Å². The van der Waals surface area contributed by atoms with Crippen molar-refractivity contribution in [1.29, 1.82) is 0 Å². The number of rotatable bonds is 4. The lowest BCUT2D eigenvalue weighted by Crippen LogP contribution is -2.06. The van der Waals surface area contributed by atoms with E-state index in [1.54, 1.807) is 23.3 Å². The molecular formula is C14H11Cl2N5. The average molecular weight is 320 g/mol. The predicted octanol–water partition coefficient (Wildman–Crippen LogP) is 3.58. The average Bonchev–Trinajstić information content (AvgIpc) is 2.98. The van der Waals surface area contributed by atoms with E-state index in [0.29, 0.717) is 22.4 Å². The lowest BCUT2D eigenvalue weighted by molar-refractivity contribution is 0.844. The van der Waals surface area contributed by atoms with Gasteiger partial charge in [-0.3, -0.25) is 0 Å². The molecule has 0 aliphatic rings. The summed E-state index contributed by atoms with van der Waals surface area (Å²) in [6.45, 7) is 0.577. The fraction of sp³-hybridized carbons (Fsp3) is 0.0714. The molecule has 1 aromatic carbocycles. The molecule has 0 unspecified atom stereocenters. The molecule has 3 aromatic rings. The Hall–Kier alpha value is -2.11. The minimum absolute atomic E-state index is 0.577. The molecule has 5 nitrogen and oxygen atoms in total. The zero-order chi connectivity index (χ0) is 14.7. The van der Waals surface area contributed by atoms with Gasteiger partial charge in [-0.1, -0.05) is 23.2 Å². The molecule has 106 valence electrons. The Morgan fingerprint density at radius 1 is 1.14 bits per heavy atom. The highest BCUT2D eigenvalue weighted by molar-refractivity contribution is 6.34. The van der Waals surface area contributed by atoms with Crippen LogP contribution < -0.4 is 5.32 Å². The Morgan fingerprint density at radius 3 is 2.67 bits per heavy atom. The third kappa shape index (κ3) is 3.32. The number of aromatic nitrogens is 4. The van der Waals surface area contributed by atoms with Crippen LogP contribution in [-0.2, 0) is 6.54 Å². The summed E-state index contributed by atoms with van der Waals surface area (Å²) in [5.41, 5.74) is 1.83. The van der Waals surface area contributed by atoms with Gasteiger partial charge in [-0.05, 0) is 35.9 Å². The first-order valence-corrected chi connectivity index (χ1v) is 6.97. The minimum atomic E-state index is 0.577. The van der Waals surface area contributed by atoms with Gasteiger partial charge in [0, 0.05) is 22.8 Å². The molecule has 0 spiro atoms. The second-order valence-corrected chi connectivity index (χ2v) is 5.22. The van der Waals surface area contributed by atoms with E-state index >= 15 is 0 Å². The summed E-state index contributed by atoms with van der Waals surface area (Å²) in [7, 11) is 0. The largest absolute Gasteiger partial charge is 0.378 e. The molecule has 21 heavy (non-hydrogen) atoms. The molecule has 0 atom stereocenters. The van der Waals surface area contributed by atoms with E-state index in [-0.39, 0.29) is 0 Å². The molecule has 0 saturated heterocycles. The van der Waals surface area contributed by atoms with Crippen LogP contribution in [0.25, 0.3) is 5.82 Å². The van der Waals surface area contributed by atoms with Crippen LogP contribution in [0, 0.1) is 0 Å². The van der Waals surface area contributed by atoms with Crippen molar-refractivity contribution in [2.75, 3.05) is 5.32 Å². The van der Waals surface area contributed by atoms with E-state index in [0.717, 1.165) is 11.3 Å². The topological polar surface area (TPSA) is 55.6 Å². The predicted molar refractivity (Wildman–Crippen MR) is 82.9 cm³/mol. The molecule has 2 heterocycles. The molecule has 0 fully saturated rings. The van der Waals surface area contributed by atoms with Crippen molar-refractivity contribution >= 4 is 28.9 Å². The number of benzene rings is 1. The van der Waals surface area contributed by atoms with Crippen LogP contribution in [0.4, 0.5) is 5.69 Å². The SMILES string of the molecule is Clc1cc(Cl)cc(CNc2cccnc2-n2cncn2)c1. The first-order valence-electron chi connectivity index (χ1n) is 6.21. The van der Waals surface area contributed by atoms with Crippen LogP contribution in [0.5, 0.6) is 0 Å². The van der Waals surface area contributed by atoms with Gasteiger partial charge >= 0.3 is 0 Å². The molecule has 0 bridgehead atoms. The summed E-state index contributed by atoms with van der Waals surface area (Å²) < 4.78 is 1.60. The fourth-order valence-electron chi connectivity index (χ4n) is 1.95. The Labute approximate surface area is 131 Å². The van der Waals surface area contributed by atoms with Crippen LogP contribution in [0.1, 0.15) is 5.56 Å². The zero-order valence-electron chi connectivity index (χ0n) is 10.9. The van der Waals surface area contributed by atoms with E-state index in [2.05, 4.69) is 20.4 Å². The molecule has 7 heteroatoms. The normalized spacial score (nSPS) is 10.6. The second kappa shape index (κ2) is 6.11. The number of pyridine rings is 1. The van der Waals surface area contributed by atoms with Crippen LogP contribution in [0.2, 0.25) is 10.0 Å². The summed E-state index contributed by atoms with van der Waals surface area (Å²) in [6.07, 6.45) is 4.78. The molecule has 0 saturated carbocycles. The standard InChI is InChI=1S/C14H11Cl2N5/c15-11-4-10(5-12(16)6-11)7-19-13-2-1-3-18-14(13)21-9-17-8-20-21/h1-6,8-9,19H,7H2. The Kier molecular flexibility index (Phi) is 4.03. The van der Waals surface area contributed by atoms with Gasteiger partial charge in [0.15, 0.2) is 5.82 Å². The highest BCUT2D eigenvalue weighted by Gasteiger charge is 2.06. The third-order valence-corrected chi connectivity index (χ3v) is 3.26. The number of nitrogens with one attached hydrogen (secondary N) is 1. The molecule has 3 rings (SSSR count). The maximum absolute atomic E-state index is 6.00. The molecule has 0 radical (unpaired) electrons. The summed E-state index contributed by atoms with van der Waals surface area (Å²) in [5.74, 6) is 0.683. The van der Waals surface area contributed by atoms with E-state index in [1.807, 2.05) is 24.3 Å². The zero-order valence-corrected chi connectivity index (χ0v) is 12.4. The second-order valence-electron chi connectivity index (χ2n) is 4.35. The first-order chi connectivity index (χ1) is 10.2. The van der Waals surface area contributed by atoms with Crippen molar-refractivity contribution in [2.24, 2.45) is 0 Å². The Morgan fingerprint density at radius 2 is 1.95 bits per heavy atom. The van der Waals surface area contributed by atoms with Crippen LogP contribution in [-0.4, -0.2) is 19.7 Å². The molecule has 0 aliphatic heterocycles.